The third kappa shape index (κ3) is 2.56. The van der Waals surface area contributed by atoms with Crippen molar-refractivity contribution in [1.82, 2.24) is 4.72 Å². The van der Waals surface area contributed by atoms with Gasteiger partial charge >= 0.3 is 5.97 Å². The van der Waals surface area contributed by atoms with Gasteiger partial charge in [-0.15, -0.1) is 11.3 Å². The molecule has 0 aromatic carbocycles. The van der Waals surface area contributed by atoms with Crippen molar-refractivity contribution in [3.63, 3.8) is 0 Å². The second kappa shape index (κ2) is 4.59. The molecule has 0 atom stereocenters. The first-order valence-corrected chi connectivity index (χ1v) is 7.35. The van der Waals surface area contributed by atoms with Gasteiger partial charge in [-0.3, -0.25) is 0 Å². The van der Waals surface area contributed by atoms with Gasteiger partial charge in [0, 0.05) is 6.04 Å². The monoisotopic (exact) mass is 273 g/mol. The van der Waals surface area contributed by atoms with Crippen molar-refractivity contribution in [2.45, 2.75) is 23.8 Å². The molecule has 0 bridgehead atoms. The summed E-state index contributed by atoms with van der Waals surface area (Å²) in [5.74, 6) is -1.22. The molecule has 7 heteroatoms. The highest BCUT2D eigenvalue weighted by molar-refractivity contribution is 7.89. The van der Waals surface area contributed by atoms with E-state index >= 15 is 0 Å². The Balaban J connectivity index is 2.25. The van der Waals surface area contributed by atoms with E-state index in [9.17, 15) is 13.2 Å². The average molecular weight is 273 g/mol. The lowest BCUT2D eigenvalue weighted by Gasteiger charge is -2.12. The van der Waals surface area contributed by atoms with Crippen LogP contribution in [0.3, 0.4) is 0 Å². The van der Waals surface area contributed by atoms with E-state index in [1.165, 1.54) is 11.4 Å². The van der Waals surface area contributed by atoms with Crippen LogP contribution in [-0.4, -0.2) is 25.5 Å². The second-order valence-electron chi connectivity index (χ2n) is 3.68. The van der Waals surface area contributed by atoms with E-state index in [-0.39, 0.29) is 15.8 Å². The van der Waals surface area contributed by atoms with E-state index in [4.69, 9.17) is 5.11 Å². The molecule has 0 aliphatic heterocycles. The number of carboxylic acid groups (broad SMARTS) is 1. The van der Waals surface area contributed by atoms with Crippen LogP contribution in [0, 0.1) is 0 Å². The quantitative estimate of drug-likeness (QED) is 0.813. The predicted octanol–water partition coefficient (Wildman–Crippen LogP) is 1.44. The maximum Gasteiger partial charge on any atom is 0.347 e. The molecular weight excluding hydrogens is 262 g/mol. The fourth-order valence-corrected chi connectivity index (χ4v) is 4.18. The topological polar surface area (TPSA) is 83.5 Å². The van der Waals surface area contributed by atoms with Gasteiger partial charge in [-0.1, -0.05) is 12.2 Å². The van der Waals surface area contributed by atoms with Crippen LogP contribution >= 0.6 is 11.3 Å². The largest absolute Gasteiger partial charge is 0.477 e. The molecule has 2 rings (SSSR count). The summed E-state index contributed by atoms with van der Waals surface area (Å²) in [6, 6.07) is 1.15. The van der Waals surface area contributed by atoms with Crippen molar-refractivity contribution < 1.29 is 18.3 Å². The Bertz CT molecular complexity index is 551. The molecule has 0 spiro atoms. The Hall–Kier alpha value is -1.18. The number of hydrogen-bond acceptors (Lipinski definition) is 4. The van der Waals surface area contributed by atoms with Crippen LogP contribution in [0.1, 0.15) is 22.5 Å². The number of carbonyl (C=O) groups is 1. The summed E-state index contributed by atoms with van der Waals surface area (Å²) in [7, 11) is -3.74. The van der Waals surface area contributed by atoms with Gasteiger partial charge in [0.05, 0.1) is 0 Å². The average Bonchev–Trinajstić information content (AvgIpc) is 2.84. The number of thiophene rings is 1. The van der Waals surface area contributed by atoms with E-state index < -0.39 is 16.0 Å². The van der Waals surface area contributed by atoms with Crippen LogP contribution in [0.4, 0.5) is 0 Å². The summed E-state index contributed by atoms with van der Waals surface area (Å²) in [5.41, 5.74) is 0. The van der Waals surface area contributed by atoms with Gasteiger partial charge in [0.2, 0.25) is 10.0 Å². The van der Waals surface area contributed by atoms with Crippen molar-refractivity contribution >= 4 is 27.3 Å². The molecule has 5 nitrogen and oxygen atoms in total. The Morgan fingerprint density at radius 1 is 1.41 bits per heavy atom. The summed E-state index contributed by atoms with van der Waals surface area (Å²) in [6.45, 7) is 0. The minimum Gasteiger partial charge on any atom is -0.477 e. The first-order valence-electron chi connectivity index (χ1n) is 4.99. The molecule has 1 aliphatic rings. The number of nitrogens with one attached hydrogen (secondary N) is 1. The van der Waals surface area contributed by atoms with E-state index in [1.54, 1.807) is 0 Å². The molecule has 0 radical (unpaired) electrons. The number of rotatable bonds is 4. The number of aromatic carboxylic acids is 1. The third-order valence-corrected chi connectivity index (χ3v) is 5.04. The first-order chi connectivity index (χ1) is 8.00. The SMILES string of the molecule is O=C(O)c1sccc1S(=O)(=O)NC1CC=CC1. The smallest absolute Gasteiger partial charge is 0.347 e. The molecule has 1 aromatic heterocycles. The maximum absolute atomic E-state index is 12.0. The highest BCUT2D eigenvalue weighted by Gasteiger charge is 2.26. The molecule has 0 saturated heterocycles. The molecule has 0 fully saturated rings. The van der Waals surface area contributed by atoms with Crippen LogP contribution < -0.4 is 4.72 Å². The standard InChI is InChI=1S/C10H11NO4S2/c12-10(13)9-8(5-6-16-9)17(14,15)11-7-3-1-2-4-7/h1-2,5-7,11H,3-4H2,(H,12,13). The molecule has 1 heterocycles. The highest BCUT2D eigenvalue weighted by Crippen LogP contribution is 2.23. The van der Waals surface area contributed by atoms with Gasteiger partial charge < -0.3 is 5.11 Å². The number of sulfonamides is 1. The molecule has 0 amide bonds. The molecule has 0 unspecified atom stereocenters. The number of hydrogen-bond donors (Lipinski definition) is 2. The van der Waals surface area contributed by atoms with Gasteiger partial charge in [0.1, 0.15) is 9.77 Å². The summed E-state index contributed by atoms with van der Waals surface area (Å²) in [4.78, 5) is 10.6. The normalized spacial score (nSPS) is 16.5. The molecule has 1 aliphatic carbocycles. The van der Waals surface area contributed by atoms with Gasteiger partial charge in [-0.25, -0.2) is 17.9 Å². The van der Waals surface area contributed by atoms with Crippen LogP contribution in [0.25, 0.3) is 0 Å². The first kappa shape index (κ1) is 12.3. The van der Waals surface area contributed by atoms with Crippen molar-refractivity contribution in [1.29, 1.82) is 0 Å². The Morgan fingerprint density at radius 2 is 2.06 bits per heavy atom. The molecule has 0 saturated carbocycles. The van der Waals surface area contributed by atoms with Gasteiger partial charge in [-0.05, 0) is 24.3 Å². The molecule has 1 aromatic rings. The zero-order valence-corrected chi connectivity index (χ0v) is 10.4. The zero-order valence-electron chi connectivity index (χ0n) is 8.79. The lowest BCUT2D eigenvalue weighted by Crippen LogP contribution is -2.33. The summed E-state index contributed by atoms with van der Waals surface area (Å²) in [5, 5.41) is 10.3. The molecular formula is C10H11NO4S2. The molecule has 2 N–H and O–H groups in total. The van der Waals surface area contributed by atoms with E-state index in [1.807, 2.05) is 12.2 Å². The lowest BCUT2D eigenvalue weighted by atomic mass is 10.3. The minimum absolute atomic E-state index is 0.150. The van der Waals surface area contributed by atoms with Crippen LogP contribution in [0.15, 0.2) is 28.5 Å². The third-order valence-electron chi connectivity index (χ3n) is 2.44. The number of carboxylic acids is 1. The second-order valence-corrected chi connectivity index (χ2v) is 6.28. The van der Waals surface area contributed by atoms with Crippen LogP contribution in [-0.2, 0) is 10.0 Å². The predicted molar refractivity (Wildman–Crippen MR) is 63.8 cm³/mol. The van der Waals surface area contributed by atoms with Crippen LogP contribution in [0.5, 0.6) is 0 Å². The molecule has 92 valence electrons. The summed E-state index contributed by atoms with van der Waals surface area (Å²) >= 11 is 0.908. The van der Waals surface area contributed by atoms with Crippen molar-refractivity contribution in [2.75, 3.05) is 0 Å². The van der Waals surface area contributed by atoms with Gasteiger partial charge in [0.15, 0.2) is 0 Å². The summed E-state index contributed by atoms with van der Waals surface area (Å²) in [6.07, 6.45) is 5.09. The van der Waals surface area contributed by atoms with Crippen molar-refractivity contribution in [2.24, 2.45) is 0 Å². The van der Waals surface area contributed by atoms with Gasteiger partial charge in [0.25, 0.3) is 0 Å². The Kier molecular flexibility index (Phi) is 3.32. The van der Waals surface area contributed by atoms with E-state index in [2.05, 4.69) is 4.72 Å². The maximum atomic E-state index is 12.0. The summed E-state index contributed by atoms with van der Waals surface area (Å²) < 4.78 is 26.5. The lowest BCUT2D eigenvalue weighted by molar-refractivity contribution is 0.0698. The fourth-order valence-electron chi connectivity index (χ4n) is 1.66. The van der Waals surface area contributed by atoms with Crippen molar-refractivity contribution in [3.8, 4) is 0 Å². The van der Waals surface area contributed by atoms with E-state index in [0.29, 0.717) is 12.8 Å². The Labute approximate surface area is 103 Å². The minimum atomic E-state index is -3.74. The zero-order chi connectivity index (χ0) is 12.5. The Morgan fingerprint density at radius 3 is 2.65 bits per heavy atom. The van der Waals surface area contributed by atoms with Gasteiger partial charge in [-0.2, -0.15) is 0 Å². The van der Waals surface area contributed by atoms with Crippen LogP contribution in [0.2, 0.25) is 0 Å². The van der Waals surface area contributed by atoms with E-state index in [0.717, 1.165) is 11.3 Å². The fraction of sp³-hybridized carbons (Fsp3) is 0.300. The molecule has 17 heavy (non-hydrogen) atoms. The highest BCUT2D eigenvalue weighted by atomic mass is 32.2. The van der Waals surface area contributed by atoms with Crippen molar-refractivity contribution in [3.05, 3.63) is 28.5 Å².